The van der Waals surface area contributed by atoms with E-state index in [2.05, 4.69) is 20.2 Å². The number of aromatic nitrogens is 4. The van der Waals surface area contributed by atoms with Crippen LogP contribution in [-0.4, -0.2) is 65.3 Å². The van der Waals surface area contributed by atoms with Gasteiger partial charge in [0.1, 0.15) is 5.82 Å². The number of hydrogen-bond donors (Lipinski definition) is 2. The van der Waals surface area contributed by atoms with E-state index in [1.54, 1.807) is 6.20 Å². The van der Waals surface area contributed by atoms with Gasteiger partial charge >= 0.3 is 0 Å². The fourth-order valence-corrected chi connectivity index (χ4v) is 5.28. The molecule has 11 heteroatoms. The SMILES string of the molecule is CS(=O)(=O)c1cncc(C(=O)NCc2cc3nc(-c4cccc(N5CCC(CCO)CC5)n4)ccc3cn2)c1. The molecule has 0 unspecified atom stereocenters. The normalized spacial score (nSPS) is 14.5. The second-order valence-corrected chi connectivity index (χ2v) is 11.8. The first kappa shape index (κ1) is 26.6. The predicted molar refractivity (Wildman–Crippen MR) is 148 cm³/mol. The standard InChI is InChI=1S/C28H30N6O4S/c1-39(37,38)23-13-21(15-29-18-23)28(36)31-17-22-14-26-20(16-30-22)5-6-25(32-26)24-3-2-4-27(33-24)34-10-7-19(8-11-34)9-12-35/h2-6,13-16,18-19,35H,7-12,17H2,1H3,(H,31,36). The zero-order valence-corrected chi connectivity index (χ0v) is 22.4. The first-order chi connectivity index (χ1) is 18.8. The average Bonchev–Trinajstić information content (AvgIpc) is 2.96. The number of carbonyl (C=O) groups is 1. The van der Waals surface area contributed by atoms with Crippen molar-refractivity contribution in [3.63, 3.8) is 0 Å². The van der Waals surface area contributed by atoms with Crippen LogP contribution in [0.4, 0.5) is 5.82 Å². The minimum Gasteiger partial charge on any atom is -0.396 e. The van der Waals surface area contributed by atoms with E-state index >= 15 is 0 Å². The van der Waals surface area contributed by atoms with Gasteiger partial charge in [-0.15, -0.1) is 0 Å². The highest BCUT2D eigenvalue weighted by Crippen LogP contribution is 2.26. The van der Waals surface area contributed by atoms with E-state index in [0.717, 1.165) is 66.7 Å². The molecule has 0 aromatic carbocycles. The van der Waals surface area contributed by atoms with E-state index in [9.17, 15) is 18.3 Å². The Bertz CT molecular complexity index is 1600. The number of carbonyl (C=O) groups excluding carboxylic acids is 1. The van der Waals surface area contributed by atoms with E-state index in [1.807, 2.05) is 36.4 Å². The molecule has 0 atom stereocenters. The molecule has 4 aromatic rings. The topological polar surface area (TPSA) is 138 Å². The molecular formula is C28H30N6O4S. The molecule has 1 fully saturated rings. The lowest BCUT2D eigenvalue weighted by Crippen LogP contribution is -2.34. The Kier molecular flexibility index (Phi) is 7.80. The molecular weight excluding hydrogens is 516 g/mol. The van der Waals surface area contributed by atoms with Crippen molar-refractivity contribution in [2.24, 2.45) is 5.92 Å². The lowest BCUT2D eigenvalue weighted by Gasteiger charge is -2.32. The molecule has 0 bridgehead atoms. The van der Waals surface area contributed by atoms with Gasteiger partial charge < -0.3 is 15.3 Å². The van der Waals surface area contributed by atoms with Gasteiger partial charge in [-0.2, -0.15) is 0 Å². The summed E-state index contributed by atoms with van der Waals surface area (Å²) in [5.41, 5.74) is 3.01. The molecule has 202 valence electrons. The maximum atomic E-state index is 12.6. The van der Waals surface area contributed by atoms with Crippen molar-refractivity contribution < 1.29 is 18.3 Å². The second-order valence-electron chi connectivity index (χ2n) is 9.75. The highest BCUT2D eigenvalue weighted by atomic mass is 32.2. The summed E-state index contributed by atoms with van der Waals surface area (Å²) in [4.78, 5) is 32.9. The molecule has 39 heavy (non-hydrogen) atoms. The van der Waals surface area contributed by atoms with Crippen LogP contribution in [0.1, 0.15) is 35.3 Å². The number of aliphatic hydroxyl groups is 1. The van der Waals surface area contributed by atoms with E-state index in [0.29, 0.717) is 11.6 Å². The van der Waals surface area contributed by atoms with Gasteiger partial charge in [-0.25, -0.2) is 18.4 Å². The van der Waals surface area contributed by atoms with Gasteiger partial charge in [0.2, 0.25) is 0 Å². The second kappa shape index (κ2) is 11.4. The van der Waals surface area contributed by atoms with Crippen molar-refractivity contribution in [3.05, 3.63) is 72.3 Å². The molecule has 5 heterocycles. The summed E-state index contributed by atoms with van der Waals surface area (Å²) in [5.74, 6) is 1.04. The van der Waals surface area contributed by atoms with Crippen LogP contribution in [0.3, 0.4) is 0 Å². The number of amides is 1. The first-order valence-electron chi connectivity index (χ1n) is 12.8. The van der Waals surface area contributed by atoms with Crippen molar-refractivity contribution >= 4 is 32.5 Å². The largest absolute Gasteiger partial charge is 0.396 e. The van der Waals surface area contributed by atoms with Crippen molar-refractivity contribution in [1.29, 1.82) is 0 Å². The van der Waals surface area contributed by atoms with Gasteiger partial charge in [0.15, 0.2) is 9.84 Å². The van der Waals surface area contributed by atoms with Gasteiger partial charge in [-0.05, 0) is 61.6 Å². The number of hydrogen-bond acceptors (Lipinski definition) is 9. The van der Waals surface area contributed by atoms with Crippen molar-refractivity contribution in [3.8, 4) is 11.4 Å². The van der Waals surface area contributed by atoms with E-state index in [1.165, 1.54) is 18.5 Å². The first-order valence-corrected chi connectivity index (χ1v) is 14.7. The van der Waals surface area contributed by atoms with Gasteiger partial charge in [0.05, 0.1) is 39.6 Å². The summed E-state index contributed by atoms with van der Waals surface area (Å²) in [6, 6.07) is 12.9. The minimum atomic E-state index is -3.47. The molecule has 4 aromatic heterocycles. The number of anilines is 1. The van der Waals surface area contributed by atoms with Gasteiger partial charge in [-0.1, -0.05) is 6.07 Å². The molecule has 10 nitrogen and oxygen atoms in total. The molecule has 0 radical (unpaired) electrons. The summed E-state index contributed by atoms with van der Waals surface area (Å²) in [6.45, 7) is 2.22. The van der Waals surface area contributed by atoms with Gasteiger partial charge in [0, 0.05) is 49.9 Å². The molecule has 2 N–H and O–H groups in total. The van der Waals surface area contributed by atoms with Crippen LogP contribution in [0.15, 0.2) is 66.0 Å². The average molecular weight is 547 g/mol. The monoisotopic (exact) mass is 546 g/mol. The fourth-order valence-electron chi connectivity index (χ4n) is 4.69. The summed E-state index contributed by atoms with van der Waals surface area (Å²) in [5, 5.41) is 12.8. The molecule has 0 saturated carbocycles. The summed E-state index contributed by atoms with van der Waals surface area (Å²) >= 11 is 0. The number of piperidine rings is 1. The maximum Gasteiger partial charge on any atom is 0.253 e. The van der Waals surface area contributed by atoms with Crippen LogP contribution in [0.5, 0.6) is 0 Å². The Morgan fingerprint density at radius 1 is 1.05 bits per heavy atom. The van der Waals surface area contributed by atoms with Crippen molar-refractivity contribution in [2.75, 3.05) is 30.9 Å². The van der Waals surface area contributed by atoms with Crippen LogP contribution in [-0.2, 0) is 16.4 Å². The Labute approximate surface area is 227 Å². The number of fused-ring (bicyclic) bond motifs is 1. The van der Waals surface area contributed by atoms with Crippen LogP contribution in [0.25, 0.3) is 22.3 Å². The Morgan fingerprint density at radius 2 is 1.85 bits per heavy atom. The summed E-state index contributed by atoms with van der Waals surface area (Å²) < 4.78 is 23.5. The van der Waals surface area contributed by atoms with Crippen LogP contribution in [0, 0.1) is 5.92 Å². The van der Waals surface area contributed by atoms with E-state index in [-0.39, 0.29) is 23.6 Å². The third-order valence-electron chi connectivity index (χ3n) is 6.94. The molecule has 1 aliphatic rings. The number of nitrogens with one attached hydrogen (secondary N) is 1. The third-order valence-corrected chi connectivity index (χ3v) is 8.02. The Balaban J connectivity index is 1.30. The number of nitrogens with zero attached hydrogens (tertiary/aromatic N) is 5. The maximum absolute atomic E-state index is 12.6. The summed E-state index contributed by atoms with van der Waals surface area (Å²) in [6.07, 6.45) is 8.27. The number of sulfone groups is 1. The summed E-state index contributed by atoms with van der Waals surface area (Å²) in [7, 11) is -3.47. The Morgan fingerprint density at radius 3 is 2.62 bits per heavy atom. The van der Waals surface area contributed by atoms with Crippen LogP contribution in [0.2, 0.25) is 0 Å². The van der Waals surface area contributed by atoms with E-state index < -0.39 is 15.7 Å². The Hall–Kier alpha value is -3.96. The highest BCUT2D eigenvalue weighted by molar-refractivity contribution is 7.90. The van der Waals surface area contributed by atoms with Crippen molar-refractivity contribution in [2.45, 2.75) is 30.7 Å². The molecule has 1 amide bonds. The molecule has 1 saturated heterocycles. The lowest BCUT2D eigenvalue weighted by atomic mass is 9.94. The third kappa shape index (κ3) is 6.37. The number of rotatable bonds is 8. The lowest BCUT2D eigenvalue weighted by molar-refractivity contribution is 0.0950. The molecule has 5 rings (SSSR count). The van der Waals surface area contributed by atoms with Crippen molar-refractivity contribution in [1.82, 2.24) is 25.3 Å². The van der Waals surface area contributed by atoms with Gasteiger partial charge in [0.25, 0.3) is 5.91 Å². The smallest absolute Gasteiger partial charge is 0.253 e. The molecule has 0 spiro atoms. The zero-order valence-electron chi connectivity index (χ0n) is 21.6. The molecule has 0 aliphatic carbocycles. The number of pyridine rings is 4. The van der Waals surface area contributed by atoms with Crippen LogP contribution >= 0.6 is 0 Å². The molecule has 1 aliphatic heterocycles. The van der Waals surface area contributed by atoms with E-state index in [4.69, 9.17) is 9.97 Å². The number of aliphatic hydroxyl groups excluding tert-OH is 1. The van der Waals surface area contributed by atoms with Crippen LogP contribution < -0.4 is 10.2 Å². The predicted octanol–water partition coefficient (Wildman–Crippen LogP) is 3.02. The highest BCUT2D eigenvalue weighted by Gasteiger charge is 2.20. The quantitative estimate of drug-likeness (QED) is 0.341. The van der Waals surface area contributed by atoms with Gasteiger partial charge in [-0.3, -0.25) is 14.8 Å². The zero-order chi connectivity index (χ0) is 27.4. The fraction of sp³-hybridized carbons (Fsp3) is 0.321. The minimum absolute atomic E-state index is 0.0143.